The van der Waals surface area contributed by atoms with Crippen molar-refractivity contribution in [2.45, 2.75) is 69.9 Å². The molecule has 19 heavy (non-hydrogen) atoms. The quantitative estimate of drug-likeness (QED) is 0.746. The molecule has 110 valence electrons. The van der Waals surface area contributed by atoms with E-state index in [4.69, 9.17) is 9.84 Å². The van der Waals surface area contributed by atoms with Crippen LogP contribution in [0.15, 0.2) is 0 Å². The van der Waals surface area contributed by atoms with E-state index in [1.807, 2.05) is 0 Å². The first-order valence-electron chi connectivity index (χ1n) is 7.69. The first kappa shape index (κ1) is 14.8. The number of carbonyl (C=O) groups is 1. The minimum absolute atomic E-state index is 0.213. The Bertz CT molecular complexity index is 302. The molecule has 0 amide bonds. The van der Waals surface area contributed by atoms with Gasteiger partial charge in [-0.3, -0.25) is 4.79 Å². The molecule has 4 nitrogen and oxygen atoms in total. The van der Waals surface area contributed by atoms with Crippen molar-refractivity contribution in [3.8, 4) is 0 Å². The van der Waals surface area contributed by atoms with Gasteiger partial charge in [-0.05, 0) is 57.4 Å². The third kappa shape index (κ3) is 4.46. The van der Waals surface area contributed by atoms with Crippen molar-refractivity contribution in [2.24, 2.45) is 5.92 Å². The van der Waals surface area contributed by atoms with Crippen molar-refractivity contribution >= 4 is 5.97 Å². The number of carboxylic acid groups (broad SMARTS) is 1. The van der Waals surface area contributed by atoms with E-state index in [1.165, 1.54) is 19.3 Å². The molecule has 0 aromatic heterocycles. The van der Waals surface area contributed by atoms with Gasteiger partial charge in [0.1, 0.15) is 0 Å². The molecule has 1 aliphatic carbocycles. The fraction of sp³-hybridized carbons (Fsp3) is 0.933. The van der Waals surface area contributed by atoms with Crippen LogP contribution in [0.25, 0.3) is 0 Å². The van der Waals surface area contributed by atoms with Crippen molar-refractivity contribution in [1.29, 1.82) is 0 Å². The van der Waals surface area contributed by atoms with Crippen LogP contribution in [0.4, 0.5) is 0 Å². The van der Waals surface area contributed by atoms with E-state index in [1.54, 1.807) is 0 Å². The molecule has 1 spiro atoms. The highest BCUT2D eigenvalue weighted by molar-refractivity contribution is 5.66. The summed E-state index contributed by atoms with van der Waals surface area (Å²) in [4.78, 5) is 10.5. The van der Waals surface area contributed by atoms with Crippen molar-refractivity contribution in [3.63, 3.8) is 0 Å². The maximum atomic E-state index is 10.5. The summed E-state index contributed by atoms with van der Waals surface area (Å²) in [6.07, 6.45) is 8.22. The molecule has 2 atom stereocenters. The molecule has 2 aliphatic rings. The Morgan fingerprint density at radius 3 is 2.89 bits per heavy atom. The average Bonchev–Trinajstić information content (AvgIpc) is 2.35. The molecule has 2 rings (SSSR count). The van der Waals surface area contributed by atoms with Crippen LogP contribution in [-0.4, -0.2) is 35.9 Å². The first-order chi connectivity index (χ1) is 9.10. The first-order valence-corrected chi connectivity index (χ1v) is 7.69. The summed E-state index contributed by atoms with van der Waals surface area (Å²) in [5.74, 6) is -0.197. The van der Waals surface area contributed by atoms with E-state index in [0.29, 0.717) is 18.4 Å². The van der Waals surface area contributed by atoms with E-state index in [2.05, 4.69) is 12.2 Å². The molecule has 0 radical (unpaired) electrons. The van der Waals surface area contributed by atoms with Gasteiger partial charge in [0, 0.05) is 19.1 Å². The van der Waals surface area contributed by atoms with Crippen molar-refractivity contribution < 1.29 is 14.6 Å². The summed E-state index contributed by atoms with van der Waals surface area (Å²) in [6, 6.07) is 0.598. The number of carboxylic acids is 1. The minimum atomic E-state index is -0.684. The van der Waals surface area contributed by atoms with Crippen LogP contribution in [-0.2, 0) is 9.53 Å². The Labute approximate surface area is 115 Å². The van der Waals surface area contributed by atoms with Gasteiger partial charge >= 0.3 is 5.97 Å². The summed E-state index contributed by atoms with van der Waals surface area (Å²) in [6.45, 7) is 4.04. The van der Waals surface area contributed by atoms with Gasteiger partial charge in [0.15, 0.2) is 0 Å². The lowest BCUT2D eigenvalue weighted by molar-refractivity contribution is -0.137. The van der Waals surface area contributed by atoms with Gasteiger partial charge in [-0.15, -0.1) is 0 Å². The van der Waals surface area contributed by atoms with E-state index in [0.717, 1.165) is 38.8 Å². The summed E-state index contributed by atoms with van der Waals surface area (Å²) >= 11 is 0. The lowest BCUT2D eigenvalue weighted by atomic mass is 9.74. The number of nitrogens with one attached hydrogen (secondary N) is 1. The molecule has 1 saturated heterocycles. The maximum absolute atomic E-state index is 10.5. The summed E-state index contributed by atoms with van der Waals surface area (Å²) < 4.78 is 5.92. The smallest absolute Gasteiger partial charge is 0.303 e. The molecule has 0 aromatic carbocycles. The van der Waals surface area contributed by atoms with Gasteiger partial charge in [-0.1, -0.05) is 6.92 Å². The molecule has 1 saturated carbocycles. The second kappa shape index (κ2) is 6.71. The highest BCUT2D eigenvalue weighted by atomic mass is 16.5. The predicted octanol–water partition coefficient (Wildman–Crippen LogP) is 2.57. The molecule has 0 bridgehead atoms. The topological polar surface area (TPSA) is 58.6 Å². The molecule has 1 aliphatic heterocycles. The van der Waals surface area contributed by atoms with Crippen molar-refractivity contribution in [1.82, 2.24) is 5.32 Å². The standard InChI is InChI=1S/C15H27NO3/c1-12(3-4-14(17)18)5-9-16-13-6-10-19-15(11-13)7-2-8-15/h12-13,16H,2-11H2,1H3,(H,17,18). The Morgan fingerprint density at radius 1 is 1.47 bits per heavy atom. The molecule has 2 unspecified atom stereocenters. The predicted molar refractivity (Wildman–Crippen MR) is 74.2 cm³/mol. The average molecular weight is 269 g/mol. The second-order valence-electron chi connectivity index (χ2n) is 6.36. The van der Waals surface area contributed by atoms with E-state index in [9.17, 15) is 4.79 Å². The molecule has 1 heterocycles. The van der Waals surface area contributed by atoms with Crippen LogP contribution in [0.1, 0.15) is 58.3 Å². The zero-order valence-corrected chi connectivity index (χ0v) is 12.0. The van der Waals surface area contributed by atoms with Gasteiger partial charge in [0.05, 0.1) is 5.60 Å². The molecule has 2 fully saturated rings. The van der Waals surface area contributed by atoms with Crippen LogP contribution >= 0.6 is 0 Å². The van der Waals surface area contributed by atoms with Gasteiger partial charge in [-0.25, -0.2) is 0 Å². The molecule has 2 N–H and O–H groups in total. The Balaban J connectivity index is 1.58. The van der Waals surface area contributed by atoms with Gasteiger partial charge in [-0.2, -0.15) is 0 Å². The summed E-state index contributed by atoms with van der Waals surface area (Å²) in [5, 5.41) is 12.3. The van der Waals surface area contributed by atoms with Crippen LogP contribution in [0.2, 0.25) is 0 Å². The van der Waals surface area contributed by atoms with Crippen LogP contribution in [0, 0.1) is 5.92 Å². The number of ether oxygens (including phenoxy) is 1. The number of aliphatic carboxylic acids is 1. The molecule has 4 heteroatoms. The SMILES string of the molecule is CC(CCNC1CCOC2(CCC2)C1)CCC(=O)O. The van der Waals surface area contributed by atoms with Crippen LogP contribution in [0.5, 0.6) is 0 Å². The maximum Gasteiger partial charge on any atom is 0.303 e. The van der Waals surface area contributed by atoms with Crippen LogP contribution < -0.4 is 5.32 Å². The highest BCUT2D eigenvalue weighted by Gasteiger charge is 2.42. The Kier molecular flexibility index (Phi) is 5.22. The van der Waals surface area contributed by atoms with Crippen LogP contribution in [0.3, 0.4) is 0 Å². The monoisotopic (exact) mass is 269 g/mol. The van der Waals surface area contributed by atoms with Gasteiger partial charge in [0.25, 0.3) is 0 Å². The van der Waals surface area contributed by atoms with E-state index >= 15 is 0 Å². The Morgan fingerprint density at radius 2 is 2.26 bits per heavy atom. The number of rotatable bonds is 7. The number of hydrogen-bond donors (Lipinski definition) is 2. The third-order valence-electron chi connectivity index (χ3n) is 4.68. The fourth-order valence-electron chi connectivity index (χ4n) is 3.17. The minimum Gasteiger partial charge on any atom is -0.481 e. The zero-order chi connectivity index (χ0) is 13.7. The van der Waals surface area contributed by atoms with Gasteiger partial charge in [0.2, 0.25) is 0 Å². The van der Waals surface area contributed by atoms with Gasteiger partial charge < -0.3 is 15.2 Å². The molecule has 0 aromatic rings. The third-order valence-corrected chi connectivity index (χ3v) is 4.68. The van der Waals surface area contributed by atoms with E-state index < -0.39 is 5.97 Å². The number of hydrogen-bond acceptors (Lipinski definition) is 3. The normalized spacial score (nSPS) is 26.9. The zero-order valence-electron chi connectivity index (χ0n) is 12.0. The fourth-order valence-corrected chi connectivity index (χ4v) is 3.17. The summed E-state index contributed by atoms with van der Waals surface area (Å²) in [7, 11) is 0. The lowest BCUT2D eigenvalue weighted by Crippen LogP contribution is -2.51. The highest BCUT2D eigenvalue weighted by Crippen LogP contribution is 2.42. The largest absolute Gasteiger partial charge is 0.481 e. The second-order valence-corrected chi connectivity index (χ2v) is 6.36. The molecular formula is C15H27NO3. The molecular weight excluding hydrogens is 242 g/mol. The van der Waals surface area contributed by atoms with E-state index in [-0.39, 0.29) is 5.60 Å². The lowest BCUT2D eigenvalue weighted by Gasteiger charge is -2.47. The Hall–Kier alpha value is -0.610. The van der Waals surface area contributed by atoms with Crippen molar-refractivity contribution in [2.75, 3.05) is 13.2 Å². The summed E-state index contributed by atoms with van der Waals surface area (Å²) in [5.41, 5.74) is 0.213. The van der Waals surface area contributed by atoms with Crippen molar-refractivity contribution in [3.05, 3.63) is 0 Å².